The lowest BCUT2D eigenvalue weighted by atomic mass is 9.84. The van der Waals surface area contributed by atoms with Crippen LogP contribution in [-0.2, 0) is 52.5 Å². The predicted molar refractivity (Wildman–Crippen MR) is 96.9 cm³/mol. The number of hydrogen-bond donors (Lipinski definition) is 2. The van der Waals surface area contributed by atoms with Crippen LogP contribution in [0.3, 0.4) is 0 Å². The van der Waals surface area contributed by atoms with Crippen LogP contribution in [0.1, 0.15) is 34.6 Å². The molecule has 2 N–H and O–H groups in total. The fraction of sp³-hybridized carbons (Fsp3) is 0.667. The van der Waals surface area contributed by atoms with Gasteiger partial charge >= 0.3 is 29.8 Å². The number of carbonyl (C=O) groups excluding carboxylic acids is 5. The Morgan fingerprint density at radius 3 is 1.77 bits per heavy atom. The molecule has 1 heterocycles. The van der Waals surface area contributed by atoms with E-state index >= 15 is 0 Å². The highest BCUT2D eigenvalue weighted by molar-refractivity contribution is 5.82. The molecule has 0 aromatic carbocycles. The molecular formula is C18H25NO12. The molecule has 0 radical (unpaired) electrons. The lowest BCUT2D eigenvalue weighted by Gasteiger charge is -2.46. The minimum Gasteiger partial charge on any atom is -0.480 e. The SMILES string of the molecule is CC(=O)N[C@H](C(=O)O)[C@H]1[C@@H](OC(C)=O)O[C@H](COC(C)=O)[C@@H](OC(C)=O)[C@@H]1OC(C)=O. The lowest BCUT2D eigenvalue weighted by Crippen LogP contribution is -2.65. The molecule has 31 heavy (non-hydrogen) atoms. The summed E-state index contributed by atoms with van der Waals surface area (Å²) in [6, 6.07) is -1.76. The first-order valence-corrected chi connectivity index (χ1v) is 9.13. The number of nitrogens with one attached hydrogen (secondary N) is 1. The fourth-order valence-corrected chi connectivity index (χ4v) is 3.09. The van der Waals surface area contributed by atoms with Crippen molar-refractivity contribution in [3.8, 4) is 0 Å². The first-order valence-electron chi connectivity index (χ1n) is 9.13. The van der Waals surface area contributed by atoms with E-state index in [1.807, 2.05) is 0 Å². The first kappa shape index (κ1) is 25.8. The Bertz CT molecular complexity index is 735. The van der Waals surface area contributed by atoms with Crippen molar-refractivity contribution in [1.29, 1.82) is 0 Å². The Balaban J connectivity index is 3.55. The van der Waals surface area contributed by atoms with Gasteiger partial charge in [-0.05, 0) is 0 Å². The highest BCUT2D eigenvalue weighted by Crippen LogP contribution is 2.34. The van der Waals surface area contributed by atoms with E-state index in [-0.39, 0.29) is 0 Å². The van der Waals surface area contributed by atoms with E-state index in [1.54, 1.807) is 0 Å². The van der Waals surface area contributed by atoms with E-state index in [2.05, 4.69) is 5.32 Å². The molecule has 0 aliphatic carbocycles. The maximum absolute atomic E-state index is 11.9. The summed E-state index contributed by atoms with van der Waals surface area (Å²) in [6.07, 6.45) is -5.95. The lowest BCUT2D eigenvalue weighted by molar-refractivity contribution is -0.287. The van der Waals surface area contributed by atoms with Gasteiger partial charge in [0.25, 0.3) is 0 Å². The van der Waals surface area contributed by atoms with E-state index < -0.39 is 78.9 Å². The quantitative estimate of drug-likeness (QED) is 0.339. The van der Waals surface area contributed by atoms with Crippen LogP contribution >= 0.6 is 0 Å². The molecule has 0 aromatic rings. The van der Waals surface area contributed by atoms with Gasteiger partial charge in [-0.1, -0.05) is 0 Å². The summed E-state index contributed by atoms with van der Waals surface area (Å²) in [5, 5.41) is 11.8. The van der Waals surface area contributed by atoms with Gasteiger partial charge in [-0.15, -0.1) is 0 Å². The first-order chi connectivity index (χ1) is 14.3. The van der Waals surface area contributed by atoms with Gasteiger partial charge in [0, 0.05) is 34.6 Å². The molecular weight excluding hydrogens is 422 g/mol. The number of hydrogen-bond acceptors (Lipinski definition) is 11. The van der Waals surface area contributed by atoms with Crippen LogP contribution in [0, 0.1) is 5.92 Å². The Morgan fingerprint density at radius 1 is 0.839 bits per heavy atom. The largest absolute Gasteiger partial charge is 0.480 e. The van der Waals surface area contributed by atoms with Crippen molar-refractivity contribution in [2.24, 2.45) is 5.92 Å². The van der Waals surface area contributed by atoms with Gasteiger partial charge in [0.2, 0.25) is 12.2 Å². The van der Waals surface area contributed by atoms with E-state index in [1.165, 1.54) is 0 Å². The van der Waals surface area contributed by atoms with Crippen LogP contribution < -0.4 is 5.32 Å². The number of esters is 4. The van der Waals surface area contributed by atoms with E-state index in [4.69, 9.17) is 23.7 Å². The molecule has 174 valence electrons. The number of amides is 1. The third-order valence-electron chi connectivity index (χ3n) is 4.04. The van der Waals surface area contributed by atoms with Gasteiger partial charge in [-0.2, -0.15) is 0 Å². The fourth-order valence-electron chi connectivity index (χ4n) is 3.09. The molecule has 0 spiro atoms. The number of carboxylic acids is 1. The van der Waals surface area contributed by atoms with Crippen molar-refractivity contribution >= 4 is 35.8 Å². The third-order valence-corrected chi connectivity index (χ3v) is 4.04. The summed E-state index contributed by atoms with van der Waals surface area (Å²) in [5.41, 5.74) is 0. The molecule has 6 atom stereocenters. The molecule has 0 saturated carbocycles. The maximum atomic E-state index is 11.9. The summed E-state index contributed by atoms with van der Waals surface area (Å²) in [4.78, 5) is 69.8. The summed E-state index contributed by atoms with van der Waals surface area (Å²) in [6.45, 7) is 4.75. The Labute approximate surface area is 177 Å². The predicted octanol–water partition coefficient (Wildman–Crippen LogP) is -1.09. The van der Waals surface area contributed by atoms with Crippen LogP contribution in [0.4, 0.5) is 0 Å². The Morgan fingerprint density at radius 2 is 1.35 bits per heavy atom. The number of carbonyl (C=O) groups is 6. The zero-order chi connectivity index (χ0) is 23.9. The topological polar surface area (TPSA) is 181 Å². The van der Waals surface area contributed by atoms with Gasteiger partial charge in [-0.3, -0.25) is 24.0 Å². The van der Waals surface area contributed by atoms with Crippen LogP contribution in [0.2, 0.25) is 0 Å². The maximum Gasteiger partial charge on any atom is 0.326 e. The second-order valence-corrected chi connectivity index (χ2v) is 6.70. The van der Waals surface area contributed by atoms with Crippen molar-refractivity contribution in [3.63, 3.8) is 0 Å². The number of rotatable bonds is 8. The minimum absolute atomic E-state index is 0.493. The van der Waals surface area contributed by atoms with Crippen molar-refractivity contribution < 1.29 is 57.6 Å². The second kappa shape index (κ2) is 11.2. The van der Waals surface area contributed by atoms with E-state index in [0.717, 1.165) is 34.6 Å². The molecule has 0 unspecified atom stereocenters. The van der Waals surface area contributed by atoms with Gasteiger partial charge in [-0.25, -0.2) is 4.79 Å². The van der Waals surface area contributed by atoms with Crippen molar-refractivity contribution in [3.05, 3.63) is 0 Å². The molecule has 13 heteroatoms. The van der Waals surface area contributed by atoms with Crippen LogP contribution in [0.15, 0.2) is 0 Å². The Hall–Kier alpha value is -3.22. The van der Waals surface area contributed by atoms with Gasteiger partial charge < -0.3 is 34.1 Å². The van der Waals surface area contributed by atoms with E-state index in [9.17, 15) is 33.9 Å². The van der Waals surface area contributed by atoms with Crippen LogP contribution in [0.25, 0.3) is 0 Å². The molecule has 0 aromatic heterocycles. The normalized spacial score (nSPS) is 26.0. The molecule has 0 bridgehead atoms. The molecule has 1 aliphatic heterocycles. The average molecular weight is 447 g/mol. The summed E-state index contributed by atoms with van der Waals surface area (Å²) >= 11 is 0. The number of aliphatic carboxylic acids is 1. The van der Waals surface area contributed by atoms with Crippen molar-refractivity contribution in [1.82, 2.24) is 5.32 Å². The summed E-state index contributed by atoms with van der Waals surface area (Å²) < 4.78 is 26.0. The molecule has 1 fully saturated rings. The summed E-state index contributed by atoms with van der Waals surface area (Å²) in [5.74, 6) is -7.13. The van der Waals surface area contributed by atoms with Crippen molar-refractivity contribution in [2.45, 2.75) is 65.3 Å². The molecule has 1 saturated heterocycles. The summed E-state index contributed by atoms with van der Waals surface area (Å²) in [7, 11) is 0. The smallest absolute Gasteiger partial charge is 0.326 e. The second-order valence-electron chi connectivity index (χ2n) is 6.70. The highest BCUT2D eigenvalue weighted by Gasteiger charge is 2.56. The molecule has 1 rings (SSSR count). The zero-order valence-electron chi connectivity index (χ0n) is 17.6. The number of carboxylic acid groups (broad SMARTS) is 1. The zero-order valence-corrected chi connectivity index (χ0v) is 17.6. The number of ether oxygens (including phenoxy) is 5. The highest BCUT2D eigenvalue weighted by atomic mass is 16.7. The molecule has 1 amide bonds. The third kappa shape index (κ3) is 7.85. The monoisotopic (exact) mass is 447 g/mol. The Kier molecular flexibility index (Phi) is 9.37. The van der Waals surface area contributed by atoms with Crippen molar-refractivity contribution in [2.75, 3.05) is 6.61 Å². The van der Waals surface area contributed by atoms with Gasteiger partial charge in [0.05, 0.1) is 5.92 Å². The van der Waals surface area contributed by atoms with Gasteiger partial charge in [0.15, 0.2) is 12.2 Å². The van der Waals surface area contributed by atoms with Crippen LogP contribution in [0.5, 0.6) is 0 Å². The minimum atomic E-state index is -1.76. The molecule has 13 nitrogen and oxygen atoms in total. The van der Waals surface area contributed by atoms with Crippen LogP contribution in [-0.4, -0.2) is 78.1 Å². The van der Waals surface area contributed by atoms with E-state index in [0.29, 0.717) is 0 Å². The molecule has 1 aliphatic rings. The standard InChI is InChI=1S/C18H25NO12/c1-7(20)19-14(17(25)26)13-16(29-10(4)23)15(28-9(3)22)12(6-27-8(2)21)31-18(13)30-11(5)24/h12-16,18H,6H2,1-5H3,(H,19,20)(H,25,26)/t12-,13-,14+,15-,16-,18+/m1/s1. The average Bonchev–Trinajstić information content (AvgIpc) is 2.59. The van der Waals surface area contributed by atoms with Gasteiger partial charge in [0.1, 0.15) is 18.8 Å².